The number of nitriles is 3. The molecule has 4 nitrogen and oxygen atoms in total. The normalized spacial score (nSPS) is 9.56. The van der Waals surface area contributed by atoms with Crippen LogP contribution >= 0.6 is 0 Å². The van der Waals surface area contributed by atoms with Gasteiger partial charge in [-0.1, -0.05) is 55.8 Å². The van der Waals surface area contributed by atoms with E-state index in [1.807, 2.05) is 36.4 Å². The Morgan fingerprint density at radius 3 is 2.07 bits per heavy atom. The SMILES string of the molecule is CCCCN(CCc1ccccc1)c1ccc(C(C#N)=C(C#N)C#N)cc1. The zero-order chi connectivity index (χ0) is 19.5. The highest BCUT2D eigenvalue weighted by Gasteiger charge is 2.11. The summed E-state index contributed by atoms with van der Waals surface area (Å²) in [7, 11) is 0. The third kappa shape index (κ3) is 5.46. The van der Waals surface area contributed by atoms with Gasteiger partial charge in [0.25, 0.3) is 0 Å². The van der Waals surface area contributed by atoms with Crippen LogP contribution in [0.3, 0.4) is 0 Å². The van der Waals surface area contributed by atoms with Crippen LogP contribution in [0.1, 0.15) is 30.9 Å². The van der Waals surface area contributed by atoms with Crippen LogP contribution in [0.2, 0.25) is 0 Å². The first kappa shape index (κ1) is 19.8. The van der Waals surface area contributed by atoms with E-state index in [2.05, 4.69) is 36.1 Å². The summed E-state index contributed by atoms with van der Waals surface area (Å²) in [6.07, 6.45) is 3.19. The standard InChI is InChI=1S/C23H22N4/c1-2-3-14-27(15-13-19-7-5-4-6-8-19)22-11-9-20(10-12-22)23(18-26)21(16-24)17-25/h4-12H,2-3,13-15H2,1H3. The lowest BCUT2D eigenvalue weighted by Crippen LogP contribution is -2.26. The highest BCUT2D eigenvalue weighted by Crippen LogP contribution is 2.23. The van der Waals surface area contributed by atoms with E-state index in [-0.39, 0.29) is 11.1 Å². The highest BCUT2D eigenvalue weighted by molar-refractivity contribution is 5.84. The highest BCUT2D eigenvalue weighted by atomic mass is 15.1. The number of nitrogens with zero attached hydrogens (tertiary/aromatic N) is 4. The van der Waals surface area contributed by atoms with Crippen LogP contribution in [0.5, 0.6) is 0 Å². The predicted octanol–water partition coefficient (Wildman–Crippen LogP) is 4.86. The van der Waals surface area contributed by atoms with Crippen LogP contribution in [-0.4, -0.2) is 13.1 Å². The zero-order valence-corrected chi connectivity index (χ0v) is 15.5. The van der Waals surface area contributed by atoms with Crippen molar-refractivity contribution in [1.82, 2.24) is 0 Å². The van der Waals surface area contributed by atoms with E-state index in [9.17, 15) is 5.26 Å². The molecule has 0 N–H and O–H groups in total. The molecule has 0 amide bonds. The summed E-state index contributed by atoms with van der Waals surface area (Å²) in [6.45, 7) is 4.05. The average Bonchev–Trinajstić information content (AvgIpc) is 2.73. The van der Waals surface area contributed by atoms with Crippen LogP contribution in [0.15, 0.2) is 60.2 Å². The van der Waals surface area contributed by atoms with Gasteiger partial charge < -0.3 is 4.90 Å². The molecule has 0 fully saturated rings. The van der Waals surface area contributed by atoms with Crippen LogP contribution < -0.4 is 4.90 Å². The molecule has 0 radical (unpaired) electrons. The van der Waals surface area contributed by atoms with Crippen molar-refractivity contribution in [1.29, 1.82) is 15.8 Å². The van der Waals surface area contributed by atoms with Gasteiger partial charge in [-0.15, -0.1) is 0 Å². The lowest BCUT2D eigenvalue weighted by molar-refractivity contribution is 0.711. The number of hydrogen-bond donors (Lipinski definition) is 0. The molecule has 0 atom stereocenters. The first-order valence-corrected chi connectivity index (χ1v) is 9.07. The third-order valence-electron chi connectivity index (χ3n) is 4.40. The molecule has 0 bridgehead atoms. The van der Waals surface area contributed by atoms with Crippen molar-refractivity contribution in [3.63, 3.8) is 0 Å². The summed E-state index contributed by atoms with van der Waals surface area (Å²) in [6, 6.07) is 23.5. The first-order chi connectivity index (χ1) is 13.2. The Balaban J connectivity index is 2.21. The molecule has 0 saturated heterocycles. The first-order valence-electron chi connectivity index (χ1n) is 9.07. The molecule has 2 aromatic carbocycles. The van der Waals surface area contributed by atoms with Crippen LogP contribution in [0.4, 0.5) is 5.69 Å². The summed E-state index contributed by atoms with van der Waals surface area (Å²) < 4.78 is 0. The third-order valence-corrected chi connectivity index (χ3v) is 4.40. The molecule has 2 rings (SSSR count). The van der Waals surface area contributed by atoms with Crippen molar-refractivity contribution >= 4 is 11.3 Å². The molecular formula is C23H22N4. The smallest absolute Gasteiger partial charge is 0.148 e. The van der Waals surface area contributed by atoms with Crippen molar-refractivity contribution < 1.29 is 0 Å². The van der Waals surface area contributed by atoms with Gasteiger partial charge in [0, 0.05) is 18.8 Å². The Morgan fingerprint density at radius 1 is 0.852 bits per heavy atom. The fourth-order valence-corrected chi connectivity index (χ4v) is 2.87. The van der Waals surface area contributed by atoms with E-state index in [1.165, 1.54) is 5.56 Å². The van der Waals surface area contributed by atoms with Gasteiger partial charge in [0.1, 0.15) is 23.8 Å². The largest absolute Gasteiger partial charge is 0.371 e. The molecule has 0 aliphatic carbocycles. The Morgan fingerprint density at radius 2 is 1.52 bits per heavy atom. The van der Waals surface area contributed by atoms with E-state index in [4.69, 9.17) is 10.5 Å². The number of allylic oxidation sites excluding steroid dienone is 2. The van der Waals surface area contributed by atoms with Crippen molar-refractivity contribution in [2.75, 3.05) is 18.0 Å². The van der Waals surface area contributed by atoms with Gasteiger partial charge >= 0.3 is 0 Å². The zero-order valence-electron chi connectivity index (χ0n) is 15.5. The van der Waals surface area contributed by atoms with E-state index in [1.54, 1.807) is 12.1 Å². The van der Waals surface area contributed by atoms with Crippen LogP contribution in [0.25, 0.3) is 5.57 Å². The van der Waals surface area contributed by atoms with Gasteiger partial charge in [0.2, 0.25) is 0 Å². The Bertz CT molecular complexity index is 875. The van der Waals surface area contributed by atoms with Crippen molar-refractivity contribution in [2.45, 2.75) is 26.2 Å². The predicted molar refractivity (Wildman–Crippen MR) is 107 cm³/mol. The van der Waals surface area contributed by atoms with Gasteiger partial charge in [-0.25, -0.2) is 0 Å². The quantitative estimate of drug-likeness (QED) is 0.634. The summed E-state index contributed by atoms with van der Waals surface area (Å²) >= 11 is 0. The molecule has 0 saturated carbocycles. The van der Waals surface area contributed by atoms with E-state index in [0.717, 1.165) is 38.0 Å². The number of hydrogen-bond acceptors (Lipinski definition) is 4. The molecule has 2 aromatic rings. The summed E-state index contributed by atoms with van der Waals surface area (Å²) in [5.41, 5.74) is 2.94. The van der Waals surface area contributed by atoms with Crippen LogP contribution in [-0.2, 0) is 6.42 Å². The summed E-state index contributed by atoms with van der Waals surface area (Å²) in [4.78, 5) is 2.34. The van der Waals surface area contributed by atoms with Gasteiger partial charge in [-0.2, -0.15) is 15.8 Å². The maximum absolute atomic E-state index is 9.30. The monoisotopic (exact) mass is 354 g/mol. The average molecular weight is 354 g/mol. The fourth-order valence-electron chi connectivity index (χ4n) is 2.87. The minimum Gasteiger partial charge on any atom is -0.371 e. The minimum absolute atomic E-state index is 0.121. The van der Waals surface area contributed by atoms with Gasteiger partial charge in [0.05, 0.1) is 5.57 Å². The maximum Gasteiger partial charge on any atom is 0.148 e. The van der Waals surface area contributed by atoms with Crippen molar-refractivity contribution in [2.24, 2.45) is 0 Å². The minimum atomic E-state index is -0.155. The van der Waals surface area contributed by atoms with E-state index < -0.39 is 0 Å². The Labute approximate surface area is 161 Å². The number of rotatable bonds is 8. The summed E-state index contributed by atoms with van der Waals surface area (Å²) in [5.74, 6) is 0. The van der Waals surface area contributed by atoms with Crippen molar-refractivity contribution in [3.05, 3.63) is 71.3 Å². The maximum atomic E-state index is 9.30. The molecule has 27 heavy (non-hydrogen) atoms. The molecule has 0 aliphatic heterocycles. The van der Waals surface area contributed by atoms with E-state index >= 15 is 0 Å². The fraction of sp³-hybridized carbons (Fsp3) is 0.261. The second kappa shape index (κ2) is 10.4. The lowest BCUT2D eigenvalue weighted by Gasteiger charge is -2.25. The Kier molecular flexibility index (Phi) is 7.65. The molecule has 0 spiro atoms. The molecule has 4 heteroatoms. The van der Waals surface area contributed by atoms with Gasteiger partial charge in [-0.05, 0) is 36.1 Å². The number of unbranched alkanes of at least 4 members (excludes halogenated alkanes) is 1. The molecule has 0 aromatic heterocycles. The summed E-state index contributed by atoms with van der Waals surface area (Å²) in [5, 5.41) is 27.3. The van der Waals surface area contributed by atoms with Crippen molar-refractivity contribution in [3.8, 4) is 18.2 Å². The van der Waals surface area contributed by atoms with Crippen LogP contribution in [0, 0.1) is 34.0 Å². The molecule has 0 aliphatic rings. The van der Waals surface area contributed by atoms with E-state index in [0.29, 0.717) is 5.56 Å². The van der Waals surface area contributed by atoms with Gasteiger partial charge in [-0.3, -0.25) is 0 Å². The molecule has 134 valence electrons. The molecule has 0 heterocycles. The van der Waals surface area contributed by atoms with Gasteiger partial charge in [0.15, 0.2) is 0 Å². The molecular weight excluding hydrogens is 332 g/mol. The second-order valence-corrected chi connectivity index (χ2v) is 6.21. The lowest BCUT2D eigenvalue weighted by atomic mass is 10.0. The number of anilines is 1. The topological polar surface area (TPSA) is 74.6 Å². The second-order valence-electron chi connectivity index (χ2n) is 6.21. The molecule has 0 unspecified atom stereocenters. The Hall–Kier alpha value is -3.55. The number of benzene rings is 2.